The lowest BCUT2D eigenvalue weighted by molar-refractivity contribution is -0.135. The van der Waals surface area contributed by atoms with Gasteiger partial charge in [-0.25, -0.2) is 4.98 Å². The Labute approximate surface area is 144 Å². The highest BCUT2D eigenvalue weighted by molar-refractivity contribution is 6.29. The van der Waals surface area contributed by atoms with Crippen LogP contribution in [-0.2, 0) is 17.8 Å². The Morgan fingerprint density at radius 2 is 2.08 bits per heavy atom. The molecule has 0 atom stereocenters. The topological polar surface area (TPSA) is 87.8 Å². The number of nitriles is 1. The summed E-state index contributed by atoms with van der Waals surface area (Å²) in [6.07, 6.45) is -5.32. The van der Waals surface area contributed by atoms with Crippen molar-refractivity contribution < 1.29 is 22.4 Å². The molecular formula is C14H13ClF4N4O2. The molecule has 1 aliphatic rings. The fraction of sp³-hybridized carbons (Fsp3) is 0.571. The molecule has 0 spiro atoms. The maximum Gasteiger partial charge on any atom is 0.389 e. The number of halogens is 5. The van der Waals surface area contributed by atoms with Crippen molar-refractivity contribution in [3.05, 3.63) is 27.1 Å². The molecule has 1 aromatic rings. The zero-order valence-corrected chi connectivity index (χ0v) is 13.5. The van der Waals surface area contributed by atoms with E-state index in [1.54, 1.807) is 0 Å². The van der Waals surface area contributed by atoms with Gasteiger partial charge in [0.15, 0.2) is 5.15 Å². The molecule has 0 aliphatic heterocycles. The van der Waals surface area contributed by atoms with Gasteiger partial charge >= 0.3 is 6.18 Å². The van der Waals surface area contributed by atoms with Crippen LogP contribution < -0.4 is 10.9 Å². The molecule has 1 heterocycles. The van der Waals surface area contributed by atoms with Gasteiger partial charge in [-0.05, 0) is 19.3 Å². The van der Waals surface area contributed by atoms with Gasteiger partial charge in [0.25, 0.3) is 5.56 Å². The Bertz CT molecular complexity index is 781. The van der Waals surface area contributed by atoms with Gasteiger partial charge in [0.1, 0.15) is 17.9 Å². The Morgan fingerprint density at radius 1 is 1.44 bits per heavy atom. The number of aryl methyl sites for hydroxylation is 1. The van der Waals surface area contributed by atoms with E-state index in [1.165, 1.54) is 0 Å². The maximum atomic E-state index is 13.7. The number of alkyl halides is 3. The summed E-state index contributed by atoms with van der Waals surface area (Å²) in [4.78, 5) is 27.5. The van der Waals surface area contributed by atoms with Crippen LogP contribution in [0.15, 0.2) is 4.79 Å². The SMILES string of the molecule is N#CC1(NC(=O)Cn2c(CCCC(F)(F)F)nc(Cl)c(F)c2=O)CC1. The number of nitrogens with one attached hydrogen (secondary N) is 1. The van der Waals surface area contributed by atoms with Crippen LogP contribution in [0.5, 0.6) is 0 Å². The second kappa shape index (κ2) is 7.00. The van der Waals surface area contributed by atoms with Crippen LogP contribution in [0.4, 0.5) is 17.6 Å². The number of nitrogens with zero attached hydrogens (tertiary/aromatic N) is 3. The second-order valence-electron chi connectivity index (χ2n) is 5.73. The fourth-order valence-electron chi connectivity index (χ4n) is 2.19. The number of carbonyl (C=O) groups is 1. The highest BCUT2D eigenvalue weighted by atomic mass is 35.5. The van der Waals surface area contributed by atoms with Crippen LogP contribution in [0.1, 0.15) is 31.5 Å². The van der Waals surface area contributed by atoms with Crippen molar-refractivity contribution >= 4 is 17.5 Å². The summed E-state index contributed by atoms with van der Waals surface area (Å²) in [5.74, 6) is -2.35. The first kappa shape index (κ1) is 19.2. The van der Waals surface area contributed by atoms with E-state index in [4.69, 9.17) is 16.9 Å². The molecule has 0 saturated heterocycles. The third-order valence-corrected chi connectivity index (χ3v) is 3.91. The summed E-state index contributed by atoms with van der Waals surface area (Å²) in [5, 5.41) is 10.6. The molecule has 6 nitrogen and oxygen atoms in total. The fourth-order valence-corrected chi connectivity index (χ4v) is 2.37. The lowest BCUT2D eigenvalue weighted by Gasteiger charge is -2.15. The van der Waals surface area contributed by atoms with Crippen molar-refractivity contribution in [3.8, 4) is 6.07 Å². The quantitative estimate of drug-likeness (QED) is 0.604. The molecule has 136 valence electrons. The van der Waals surface area contributed by atoms with Gasteiger partial charge in [0.2, 0.25) is 11.7 Å². The molecule has 0 radical (unpaired) electrons. The first-order valence-electron chi connectivity index (χ1n) is 7.31. The Morgan fingerprint density at radius 3 is 2.60 bits per heavy atom. The van der Waals surface area contributed by atoms with Gasteiger partial charge < -0.3 is 5.32 Å². The first-order chi connectivity index (χ1) is 11.6. The van der Waals surface area contributed by atoms with Crippen LogP contribution in [-0.4, -0.2) is 27.2 Å². The van der Waals surface area contributed by atoms with Gasteiger partial charge in [-0.1, -0.05) is 11.6 Å². The molecule has 1 saturated carbocycles. The summed E-state index contributed by atoms with van der Waals surface area (Å²) < 4.78 is 51.1. The Hall–Kier alpha value is -2.15. The third-order valence-electron chi connectivity index (χ3n) is 3.66. The zero-order valence-electron chi connectivity index (χ0n) is 12.8. The van der Waals surface area contributed by atoms with Gasteiger partial charge in [-0.2, -0.15) is 22.8 Å². The molecule has 0 aromatic carbocycles. The molecule has 0 unspecified atom stereocenters. The first-order valence-corrected chi connectivity index (χ1v) is 7.68. The molecule has 1 aliphatic carbocycles. The Kier molecular flexibility index (Phi) is 5.37. The zero-order chi connectivity index (χ0) is 18.8. The van der Waals surface area contributed by atoms with Crippen LogP contribution >= 0.6 is 11.6 Å². The van der Waals surface area contributed by atoms with Gasteiger partial charge in [0.05, 0.1) is 6.07 Å². The standard InChI is InChI=1S/C14H13ClF4N4O2/c15-11-10(16)12(25)23(6-9(24)22-13(7-20)4-5-13)8(21-11)2-1-3-14(17,18)19/h1-6H2,(H,22,24). The van der Waals surface area contributed by atoms with Crippen molar-refractivity contribution in [3.63, 3.8) is 0 Å². The third kappa shape index (κ3) is 4.92. The smallest absolute Gasteiger partial charge is 0.336 e. The number of aromatic nitrogens is 2. The molecule has 0 bridgehead atoms. The van der Waals surface area contributed by atoms with Crippen molar-refractivity contribution in [2.45, 2.75) is 50.4 Å². The van der Waals surface area contributed by atoms with Crippen LogP contribution in [0, 0.1) is 17.1 Å². The number of hydrogen-bond donors (Lipinski definition) is 1. The van der Waals surface area contributed by atoms with Crippen LogP contribution in [0.3, 0.4) is 0 Å². The maximum absolute atomic E-state index is 13.7. The molecule has 1 amide bonds. The highest BCUT2D eigenvalue weighted by Gasteiger charge is 2.44. The molecule has 1 fully saturated rings. The lowest BCUT2D eigenvalue weighted by atomic mass is 10.2. The molecule has 11 heteroatoms. The number of hydrogen-bond acceptors (Lipinski definition) is 4. The largest absolute Gasteiger partial charge is 0.389 e. The molecule has 25 heavy (non-hydrogen) atoms. The van der Waals surface area contributed by atoms with Gasteiger partial charge in [0, 0.05) is 12.8 Å². The second-order valence-corrected chi connectivity index (χ2v) is 6.09. The number of carbonyl (C=O) groups excluding carboxylic acids is 1. The van der Waals surface area contributed by atoms with E-state index < -0.39 is 53.5 Å². The van der Waals surface area contributed by atoms with E-state index in [1.807, 2.05) is 6.07 Å². The minimum Gasteiger partial charge on any atom is -0.336 e. The monoisotopic (exact) mass is 380 g/mol. The molecule has 1 N–H and O–H groups in total. The minimum absolute atomic E-state index is 0.224. The highest BCUT2D eigenvalue weighted by Crippen LogP contribution is 2.34. The van der Waals surface area contributed by atoms with Crippen LogP contribution in [0.2, 0.25) is 5.15 Å². The minimum atomic E-state index is -4.39. The summed E-state index contributed by atoms with van der Waals surface area (Å²) in [5.41, 5.74) is -2.24. The molecule has 2 rings (SSSR count). The number of rotatable bonds is 6. The van der Waals surface area contributed by atoms with Crippen molar-refractivity contribution in [2.75, 3.05) is 0 Å². The molecule has 1 aromatic heterocycles. The van der Waals surface area contributed by atoms with E-state index >= 15 is 0 Å². The predicted octanol–water partition coefficient (Wildman–Crippen LogP) is 2.09. The summed E-state index contributed by atoms with van der Waals surface area (Å²) in [7, 11) is 0. The lowest BCUT2D eigenvalue weighted by Crippen LogP contribution is -2.41. The van der Waals surface area contributed by atoms with E-state index in [-0.39, 0.29) is 12.2 Å². The average molecular weight is 381 g/mol. The van der Waals surface area contributed by atoms with Crippen molar-refractivity contribution in [1.82, 2.24) is 14.9 Å². The molecular weight excluding hydrogens is 368 g/mol. The van der Waals surface area contributed by atoms with E-state index in [0.717, 1.165) is 0 Å². The predicted molar refractivity (Wildman–Crippen MR) is 78.2 cm³/mol. The van der Waals surface area contributed by atoms with Crippen LogP contribution in [0.25, 0.3) is 0 Å². The van der Waals surface area contributed by atoms with Gasteiger partial charge in [-0.3, -0.25) is 14.2 Å². The Balaban J connectivity index is 2.19. The van der Waals surface area contributed by atoms with Gasteiger partial charge in [-0.15, -0.1) is 0 Å². The average Bonchev–Trinajstić information content (AvgIpc) is 3.27. The summed E-state index contributed by atoms with van der Waals surface area (Å²) in [6.45, 7) is -0.662. The normalized spacial score (nSPS) is 15.5. The van der Waals surface area contributed by atoms with Crippen molar-refractivity contribution in [1.29, 1.82) is 5.26 Å². The van der Waals surface area contributed by atoms with E-state index in [0.29, 0.717) is 17.4 Å². The summed E-state index contributed by atoms with van der Waals surface area (Å²) in [6, 6.07) is 1.91. The number of amides is 1. The van der Waals surface area contributed by atoms with E-state index in [9.17, 15) is 27.2 Å². The summed E-state index contributed by atoms with van der Waals surface area (Å²) >= 11 is 5.47. The van der Waals surface area contributed by atoms with Crippen molar-refractivity contribution in [2.24, 2.45) is 0 Å². The van der Waals surface area contributed by atoms with E-state index in [2.05, 4.69) is 10.3 Å².